The molecule has 1 saturated heterocycles. The van der Waals surface area contributed by atoms with E-state index in [1.165, 1.54) is 24.6 Å². The largest absolute Gasteiger partial charge is 0.455 e. The Balaban J connectivity index is 1.54. The van der Waals surface area contributed by atoms with Gasteiger partial charge < -0.3 is 14.6 Å². The van der Waals surface area contributed by atoms with E-state index in [2.05, 4.69) is 28.4 Å². The fourth-order valence-electron chi connectivity index (χ4n) is 3.30. The Morgan fingerprint density at radius 2 is 1.93 bits per heavy atom. The number of nitrogens with zero attached hydrogens (tertiary/aromatic N) is 3. The summed E-state index contributed by atoms with van der Waals surface area (Å²) in [5, 5.41) is 3.46. The molecule has 1 aliphatic heterocycles. The molecule has 1 aromatic carbocycles. The van der Waals surface area contributed by atoms with Gasteiger partial charge in [-0.3, -0.25) is 4.79 Å². The first-order chi connectivity index (χ1) is 14.2. The molecule has 0 spiro atoms. The predicted octanol–water partition coefficient (Wildman–Crippen LogP) is 4.38. The van der Waals surface area contributed by atoms with Crippen molar-refractivity contribution in [3.05, 3.63) is 60.1 Å². The summed E-state index contributed by atoms with van der Waals surface area (Å²) in [5.41, 5.74) is 2.00. The Morgan fingerprint density at radius 1 is 1.14 bits per heavy atom. The molecule has 7 heteroatoms. The normalized spacial score (nSPS) is 13.6. The van der Waals surface area contributed by atoms with Crippen LogP contribution in [-0.4, -0.2) is 35.5 Å². The monoisotopic (exact) mass is 408 g/mol. The number of benzene rings is 1. The zero-order valence-corrected chi connectivity index (χ0v) is 17.2. The van der Waals surface area contributed by atoms with Crippen LogP contribution in [0.25, 0.3) is 11.3 Å². The highest BCUT2D eigenvalue weighted by atomic mass is 32.2. The fourth-order valence-corrected chi connectivity index (χ4v) is 4.05. The number of aromatic nitrogens is 2. The lowest BCUT2D eigenvalue weighted by Gasteiger charge is -2.18. The zero-order chi connectivity index (χ0) is 20.1. The van der Waals surface area contributed by atoms with Crippen LogP contribution in [0.3, 0.4) is 0 Å². The van der Waals surface area contributed by atoms with Crippen LogP contribution in [0, 0.1) is 0 Å². The van der Waals surface area contributed by atoms with Gasteiger partial charge in [0.15, 0.2) is 10.9 Å². The molecule has 6 nitrogen and oxygen atoms in total. The predicted molar refractivity (Wildman–Crippen MR) is 115 cm³/mol. The molecule has 29 heavy (non-hydrogen) atoms. The molecule has 0 unspecified atom stereocenters. The summed E-state index contributed by atoms with van der Waals surface area (Å²) in [6, 6.07) is 15.8. The van der Waals surface area contributed by atoms with Crippen molar-refractivity contribution >= 4 is 23.5 Å². The van der Waals surface area contributed by atoms with E-state index in [1.54, 1.807) is 6.07 Å². The topological polar surface area (TPSA) is 71.3 Å². The van der Waals surface area contributed by atoms with Crippen molar-refractivity contribution in [2.24, 2.45) is 0 Å². The molecule has 150 valence electrons. The molecule has 1 amide bonds. The van der Waals surface area contributed by atoms with Gasteiger partial charge in [-0.25, -0.2) is 9.97 Å². The van der Waals surface area contributed by atoms with Crippen LogP contribution in [-0.2, 0) is 5.75 Å². The Bertz CT molecular complexity index is 968. The summed E-state index contributed by atoms with van der Waals surface area (Å²) >= 11 is 1.52. The Morgan fingerprint density at radius 3 is 2.69 bits per heavy atom. The molecule has 1 aliphatic rings. The lowest BCUT2D eigenvalue weighted by atomic mass is 10.1. The summed E-state index contributed by atoms with van der Waals surface area (Å²) in [7, 11) is 0. The molecule has 4 rings (SSSR count). The number of thioether (sulfide) groups is 1. The van der Waals surface area contributed by atoms with Gasteiger partial charge in [-0.1, -0.05) is 42.1 Å². The zero-order valence-electron chi connectivity index (χ0n) is 16.4. The van der Waals surface area contributed by atoms with Gasteiger partial charge in [0.1, 0.15) is 11.6 Å². The fraction of sp³-hybridized carbons (Fsp3) is 0.318. The third kappa shape index (κ3) is 4.79. The van der Waals surface area contributed by atoms with Crippen molar-refractivity contribution in [3.63, 3.8) is 0 Å². The number of anilines is 1. The SMILES string of the molecule is CCNC(=O)c1ccc(CSc2nc(-c3ccccc3)cc(N3CCCC3)n2)o1. The number of amides is 1. The van der Waals surface area contributed by atoms with E-state index in [1.807, 2.05) is 31.2 Å². The van der Waals surface area contributed by atoms with Gasteiger partial charge in [0.25, 0.3) is 5.91 Å². The van der Waals surface area contributed by atoms with E-state index in [0.29, 0.717) is 23.2 Å². The van der Waals surface area contributed by atoms with Gasteiger partial charge in [0, 0.05) is 31.3 Å². The van der Waals surface area contributed by atoms with Crippen LogP contribution in [0.4, 0.5) is 5.82 Å². The van der Waals surface area contributed by atoms with E-state index >= 15 is 0 Å². The van der Waals surface area contributed by atoms with Crippen LogP contribution in [0.2, 0.25) is 0 Å². The van der Waals surface area contributed by atoms with Crippen LogP contribution in [0.1, 0.15) is 36.1 Å². The van der Waals surface area contributed by atoms with Gasteiger partial charge in [-0.05, 0) is 31.9 Å². The van der Waals surface area contributed by atoms with Crippen LogP contribution in [0.5, 0.6) is 0 Å². The standard InChI is InChI=1S/C22H24N4O2S/c1-2-23-21(27)19-11-10-17(28-19)15-29-22-24-18(16-8-4-3-5-9-16)14-20(25-22)26-12-6-7-13-26/h3-5,8-11,14H,2,6-7,12-13,15H2,1H3,(H,23,27). The van der Waals surface area contributed by atoms with Gasteiger partial charge in [-0.2, -0.15) is 0 Å². The average Bonchev–Trinajstić information content (AvgIpc) is 3.45. The third-order valence-electron chi connectivity index (χ3n) is 4.76. The summed E-state index contributed by atoms with van der Waals surface area (Å²) in [6.45, 7) is 4.52. The lowest BCUT2D eigenvalue weighted by molar-refractivity contribution is 0.0927. The molecule has 0 atom stereocenters. The number of nitrogens with one attached hydrogen (secondary N) is 1. The molecule has 0 saturated carbocycles. The highest BCUT2D eigenvalue weighted by Crippen LogP contribution is 2.29. The molecule has 2 aromatic heterocycles. The second kappa shape index (κ2) is 9.13. The first-order valence-corrected chi connectivity index (χ1v) is 10.9. The molecule has 0 aliphatic carbocycles. The van der Waals surface area contributed by atoms with Crippen molar-refractivity contribution < 1.29 is 9.21 Å². The first-order valence-electron chi connectivity index (χ1n) is 9.92. The van der Waals surface area contributed by atoms with Crippen molar-refractivity contribution in [2.75, 3.05) is 24.5 Å². The van der Waals surface area contributed by atoms with Gasteiger partial charge in [0.2, 0.25) is 0 Å². The summed E-state index contributed by atoms with van der Waals surface area (Å²) < 4.78 is 5.67. The Kier molecular flexibility index (Phi) is 6.14. The number of hydrogen-bond donors (Lipinski definition) is 1. The number of furan rings is 1. The highest BCUT2D eigenvalue weighted by Gasteiger charge is 2.17. The average molecular weight is 409 g/mol. The van der Waals surface area contributed by atoms with Gasteiger partial charge in [-0.15, -0.1) is 0 Å². The van der Waals surface area contributed by atoms with E-state index in [-0.39, 0.29) is 5.91 Å². The number of hydrogen-bond acceptors (Lipinski definition) is 6. The minimum Gasteiger partial charge on any atom is -0.455 e. The molecular formula is C22H24N4O2S. The number of carbonyl (C=O) groups is 1. The molecular weight excluding hydrogens is 384 g/mol. The third-order valence-corrected chi connectivity index (χ3v) is 5.63. The molecule has 0 radical (unpaired) electrons. The maximum Gasteiger partial charge on any atom is 0.286 e. The quantitative estimate of drug-likeness (QED) is 0.462. The molecule has 1 fully saturated rings. The van der Waals surface area contributed by atoms with Crippen molar-refractivity contribution in [1.29, 1.82) is 0 Å². The summed E-state index contributed by atoms with van der Waals surface area (Å²) in [4.78, 5) is 23.8. The molecule has 1 N–H and O–H groups in total. The second-order valence-corrected chi connectivity index (χ2v) is 7.81. The minimum absolute atomic E-state index is 0.192. The highest BCUT2D eigenvalue weighted by molar-refractivity contribution is 7.98. The number of rotatable bonds is 7. The molecule has 3 heterocycles. The molecule has 3 aromatic rings. The van der Waals surface area contributed by atoms with Gasteiger partial charge in [0.05, 0.1) is 11.4 Å². The van der Waals surface area contributed by atoms with Gasteiger partial charge >= 0.3 is 0 Å². The maximum atomic E-state index is 11.9. The van der Waals surface area contributed by atoms with Crippen molar-refractivity contribution in [2.45, 2.75) is 30.7 Å². The maximum absolute atomic E-state index is 11.9. The lowest BCUT2D eigenvalue weighted by Crippen LogP contribution is -2.21. The van der Waals surface area contributed by atoms with E-state index in [0.717, 1.165) is 35.9 Å². The molecule has 0 bridgehead atoms. The number of carbonyl (C=O) groups excluding carboxylic acids is 1. The first kappa shape index (κ1) is 19.5. The summed E-state index contributed by atoms with van der Waals surface area (Å²) in [6.07, 6.45) is 2.39. The summed E-state index contributed by atoms with van der Waals surface area (Å²) in [5.74, 6) is 2.41. The van der Waals surface area contributed by atoms with Crippen LogP contribution >= 0.6 is 11.8 Å². The van der Waals surface area contributed by atoms with E-state index in [4.69, 9.17) is 14.4 Å². The van der Waals surface area contributed by atoms with E-state index < -0.39 is 0 Å². The van der Waals surface area contributed by atoms with Crippen molar-refractivity contribution in [3.8, 4) is 11.3 Å². The minimum atomic E-state index is -0.192. The second-order valence-electron chi connectivity index (χ2n) is 6.87. The Hall–Kier alpha value is -2.80. The Labute approximate surface area is 174 Å². The van der Waals surface area contributed by atoms with Crippen molar-refractivity contribution in [1.82, 2.24) is 15.3 Å². The van der Waals surface area contributed by atoms with E-state index in [9.17, 15) is 4.79 Å². The van der Waals surface area contributed by atoms with Crippen LogP contribution < -0.4 is 10.2 Å². The van der Waals surface area contributed by atoms with Crippen LogP contribution in [0.15, 0.2) is 58.1 Å². The smallest absolute Gasteiger partial charge is 0.286 e.